The van der Waals surface area contributed by atoms with Gasteiger partial charge in [0.05, 0.1) is 3.57 Å². The second-order valence-corrected chi connectivity index (χ2v) is 5.53. The molecule has 0 amide bonds. The molecule has 0 saturated heterocycles. The highest BCUT2D eigenvalue weighted by molar-refractivity contribution is 14.1. The number of rotatable bonds is 3. The first-order valence-corrected chi connectivity index (χ1v) is 7.05. The summed E-state index contributed by atoms with van der Waals surface area (Å²) in [5.41, 5.74) is 1.26. The van der Waals surface area contributed by atoms with Crippen molar-refractivity contribution in [3.8, 4) is 0 Å². The zero-order valence-corrected chi connectivity index (χ0v) is 12.0. The molecule has 0 aliphatic carbocycles. The Morgan fingerprint density at radius 2 is 2.00 bits per heavy atom. The van der Waals surface area contributed by atoms with Crippen LogP contribution >= 0.6 is 46.0 Å². The molecule has 1 heterocycles. The minimum atomic E-state index is 0.520. The minimum absolute atomic E-state index is 0.520. The van der Waals surface area contributed by atoms with Crippen molar-refractivity contribution in [2.75, 3.05) is 0 Å². The average molecular weight is 363 g/mol. The van der Waals surface area contributed by atoms with Gasteiger partial charge in [0.2, 0.25) is 0 Å². The number of halogens is 2. The highest BCUT2D eigenvalue weighted by atomic mass is 127. The number of hydrogen-bond acceptors (Lipinski definition) is 3. The average Bonchev–Trinajstić information content (AvgIpc) is 2.32. The molecule has 16 heavy (non-hydrogen) atoms. The first-order valence-electron chi connectivity index (χ1n) is 4.60. The van der Waals surface area contributed by atoms with Gasteiger partial charge in [-0.05, 0) is 28.2 Å². The van der Waals surface area contributed by atoms with Gasteiger partial charge in [-0.25, -0.2) is 9.97 Å². The summed E-state index contributed by atoms with van der Waals surface area (Å²) in [5, 5.41) is 1.24. The van der Waals surface area contributed by atoms with Crippen LogP contribution in [0.25, 0.3) is 0 Å². The van der Waals surface area contributed by atoms with E-state index in [0.29, 0.717) is 10.3 Å². The smallest absolute Gasteiger partial charge is 0.189 e. The molecule has 0 aliphatic rings. The van der Waals surface area contributed by atoms with E-state index in [1.807, 2.05) is 18.2 Å². The van der Waals surface area contributed by atoms with E-state index in [0.717, 1.165) is 9.32 Å². The predicted molar refractivity (Wildman–Crippen MR) is 75.8 cm³/mol. The fourth-order valence-electron chi connectivity index (χ4n) is 1.12. The van der Waals surface area contributed by atoms with Gasteiger partial charge in [0.15, 0.2) is 5.16 Å². The van der Waals surface area contributed by atoms with Crippen molar-refractivity contribution in [1.82, 2.24) is 9.97 Å². The summed E-state index contributed by atoms with van der Waals surface area (Å²) in [7, 11) is 0. The molecule has 0 bridgehead atoms. The van der Waals surface area contributed by atoms with Crippen LogP contribution in [0, 0.1) is 3.57 Å². The van der Waals surface area contributed by atoms with Crippen LogP contribution < -0.4 is 0 Å². The number of benzene rings is 1. The molecular weight excluding hydrogens is 355 g/mol. The van der Waals surface area contributed by atoms with Crippen molar-refractivity contribution in [3.05, 3.63) is 50.8 Å². The molecule has 0 N–H and O–H groups in total. The van der Waals surface area contributed by atoms with E-state index in [4.69, 9.17) is 11.6 Å². The molecule has 0 unspecified atom stereocenters. The third-order valence-electron chi connectivity index (χ3n) is 1.89. The van der Waals surface area contributed by atoms with Crippen molar-refractivity contribution in [3.63, 3.8) is 0 Å². The molecule has 82 valence electrons. The Kier molecular flexibility index (Phi) is 4.43. The number of thioether (sulfide) groups is 1. The molecule has 1 aromatic heterocycles. The largest absolute Gasteiger partial charge is 0.230 e. The van der Waals surface area contributed by atoms with Crippen molar-refractivity contribution >= 4 is 46.0 Å². The van der Waals surface area contributed by atoms with Gasteiger partial charge in [-0.15, -0.1) is 0 Å². The van der Waals surface area contributed by atoms with Crippen LogP contribution in [0.5, 0.6) is 0 Å². The van der Waals surface area contributed by atoms with E-state index in [1.54, 1.807) is 18.0 Å². The molecule has 2 nitrogen and oxygen atoms in total. The van der Waals surface area contributed by atoms with E-state index in [1.165, 1.54) is 5.56 Å². The van der Waals surface area contributed by atoms with Gasteiger partial charge in [-0.1, -0.05) is 53.7 Å². The van der Waals surface area contributed by atoms with Crippen LogP contribution in [0.2, 0.25) is 5.15 Å². The van der Waals surface area contributed by atoms with Gasteiger partial charge in [-0.2, -0.15) is 0 Å². The lowest BCUT2D eigenvalue weighted by atomic mass is 10.2. The molecule has 2 aromatic rings. The van der Waals surface area contributed by atoms with Crippen molar-refractivity contribution in [2.24, 2.45) is 0 Å². The fraction of sp³-hybridized carbons (Fsp3) is 0.0909. The number of aromatic nitrogens is 2. The Hall–Kier alpha value is -0.330. The van der Waals surface area contributed by atoms with Crippen LogP contribution in [0.3, 0.4) is 0 Å². The zero-order chi connectivity index (χ0) is 11.4. The highest BCUT2D eigenvalue weighted by Crippen LogP contribution is 2.22. The number of nitrogens with zero attached hydrogens (tertiary/aromatic N) is 2. The first kappa shape index (κ1) is 12.1. The second-order valence-electron chi connectivity index (χ2n) is 3.07. The van der Waals surface area contributed by atoms with Gasteiger partial charge in [0, 0.05) is 11.9 Å². The van der Waals surface area contributed by atoms with Gasteiger partial charge in [0.25, 0.3) is 0 Å². The normalized spacial score (nSPS) is 10.4. The third-order valence-corrected chi connectivity index (χ3v) is 4.22. The third kappa shape index (κ3) is 3.33. The van der Waals surface area contributed by atoms with E-state index in [2.05, 4.69) is 44.7 Å². The Morgan fingerprint density at radius 1 is 1.25 bits per heavy atom. The molecule has 0 spiro atoms. The molecule has 0 atom stereocenters. The lowest BCUT2D eigenvalue weighted by Crippen LogP contribution is -1.90. The quantitative estimate of drug-likeness (QED) is 0.357. The SMILES string of the molecule is Clc1nc(SCc2ccccc2)ncc1I. The Morgan fingerprint density at radius 3 is 2.69 bits per heavy atom. The molecule has 5 heteroatoms. The molecule has 0 radical (unpaired) electrons. The highest BCUT2D eigenvalue weighted by Gasteiger charge is 2.03. The Bertz CT molecular complexity index is 479. The van der Waals surface area contributed by atoms with E-state index in [-0.39, 0.29) is 0 Å². The summed E-state index contributed by atoms with van der Waals surface area (Å²) in [6.45, 7) is 0. The summed E-state index contributed by atoms with van der Waals surface area (Å²) in [6, 6.07) is 10.2. The lowest BCUT2D eigenvalue weighted by molar-refractivity contribution is 0.957. The van der Waals surface area contributed by atoms with Crippen molar-refractivity contribution in [1.29, 1.82) is 0 Å². The van der Waals surface area contributed by atoms with E-state index < -0.39 is 0 Å². The lowest BCUT2D eigenvalue weighted by Gasteiger charge is -2.01. The molecule has 0 saturated carbocycles. The fourth-order valence-corrected chi connectivity index (χ4v) is 2.33. The first-order chi connectivity index (χ1) is 7.75. The van der Waals surface area contributed by atoms with Crippen molar-refractivity contribution < 1.29 is 0 Å². The van der Waals surface area contributed by atoms with Gasteiger partial charge in [0.1, 0.15) is 5.15 Å². The van der Waals surface area contributed by atoms with Crippen molar-refractivity contribution in [2.45, 2.75) is 10.9 Å². The van der Waals surface area contributed by atoms with E-state index in [9.17, 15) is 0 Å². The maximum Gasteiger partial charge on any atom is 0.189 e. The van der Waals surface area contributed by atoms with Crippen LogP contribution in [-0.4, -0.2) is 9.97 Å². The second kappa shape index (κ2) is 5.84. The molecule has 2 rings (SSSR count). The summed E-state index contributed by atoms with van der Waals surface area (Å²) in [5.74, 6) is 0.859. The number of hydrogen-bond donors (Lipinski definition) is 0. The Labute approximate surface area is 117 Å². The maximum absolute atomic E-state index is 5.92. The van der Waals surface area contributed by atoms with Gasteiger partial charge in [-0.3, -0.25) is 0 Å². The van der Waals surface area contributed by atoms with E-state index >= 15 is 0 Å². The molecular formula is C11H8ClIN2S. The zero-order valence-electron chi connectivity index (χ0n) is 8.23. The summed E-state index contributed by atoms with van der Waals surface area (Å²) in [6.07, 6.45) is 1.74. The van der Waals surface area contributed by atoms with Gasteiger partial charge >= 0.3 is 0 Å². The molecule has 0 aliphatic heterocycles. The predicted octanol–water partition coefficient (Wildman–Crippen LogP) is 4.03. The Balaban J connectivity index is 2.03. The summed E-state index contributed by atoms with van der Waals surface area (Å²) < 4.78 is 0.878. The summed E-state index contributed by atoms with van der Waals surface area (Å²) >= 11 is 9.62. The summed E-state index contributed by atoms with van der Waals surface area (Å²) in [4.78, 5) is 8.41. The molecule has 1 aromatic carbocycles. The minimum Gasteiger partial charge on any atom is -0.230 e. The van der Waals surface area contributed by atoms with Crippen LogP contribution in [0.15, 0.2) is 41.7 Å². The molecule has 0 fully saturated rings. The maximum atomic E-state index is 5.92. The van der Waals surface area contributed by atoms with Crippen LogP contribution in [-0.2, 0) is 5.75 Å². The standard InChI is InChI=1S/C11H8ClIN2S/c12-10-9(13)6-14-11(15-10)16-7-8-4-2-1-3-5-8/h1-6H,7H2. The van der Waals surface area contributed by atoms with Crippen LogP contribution in [0.1, 0.15) is 5.56 Å². The van der Waals surface area contributed by atoms with Crippen LogP contribution in [0.4, 0.5) is 0 Å². The monoisotopic (exact) mass is 362 g/mol. The van der Waals surface area contributed by atoms with Gasteiger partial charge < -0.3 is 0 Å². The topological polar surface area (TPSA) is 25.8 Å².